The largest absolute Gasteiger partial charge is 0.508 e. The summed E-state index contributed by atoms with van der Waals surface area (Å²) in [6, 6.07) is 2.82. The molecule has 1 aromatic rings. The van der Waals surface area contributed by atoms with Gasteiger partial charge in [0.05, 0.1) is 17.5 Å². The smallest absolute Gasteiger partial charge is 0.314 e. The maximum absolute atomic E-state index is 11.1. The molecule has 0 aromatic heterocycles. The van der Waals surface area contributed by atoms with Crippen molar-refractivity contribution in [1.29, 1.82) is 0 Å². The molecule has 2 N–H and O–H groups in total. The molecule has 1 aromatic carbocycles. The number of carboxylic acids is 1. The highest BCUT2D eigenvalue weighted by Gasteiger charge is 2.53. The van der Waals surface area contributed by atoms with Crippen molar-refractivity contribution >= 4 is 17.6 Å². The van der Waals surface area contributed by atoms with Crippen LogP contribution in [0.1, 0.15) is 18.4 Å². The third-order valence-corrected chi connectivity index (χ3v) is 3.24. The lowest BCUT2D eigenvalue weighted by molar-refractivity contribution is -0.140. The van der Waals surface area contributed by atoms with Gasteiger partial charge in [-0.05, 0) is 18.9 Å². The molecular weight excluding hydrogens is 232 g/mol. The molecule has 0 radical (unpaired) electrons. The molecule has 0 aliphatic heterocycles. The van der Waals surface area contributed by atoms with Gasteiger partial charge in [0.25, 0.3) is 0 Å². The summed E-state index contributed by atoms with van der Waals surface area (Å²) >= 11 is 5.82. The zero-order valence-corrected chi connectivity index (χ0v) is 9.41. The molecule has 0 amide bonds. The number of hydrogen-bond donors (Lipinski definition) is 2. The van der Waals surface area contributed by atoms with Crippen LogP contribution in [0, 0.1) is 0 Å². The van der Waals surface area contributed by atoms with Crippen molar-refractivity contribution in [3.8, 4) is 11.5 Å². The van der Waals surface area contributed by atoms with Gasteiger partial charge in [0.15, 0.2) is 0 Å². The monoisotopic (exact) mass is 242 g/mol. The van der Waals surface area contributed by atoms with Gasteiger partial charge in [0.1, 0.15) is 11.5 Å². The summed E-state index contributed by atoms with van der Waals surface area (Å²) in [6.45, 7) is 0. The Morgan fingerprint density at radius 1 is 1.50 bits per heavy atom. The Kier molecular flexibility index (Phi) is 2.46. The highest BCUT2D eigenvalue weighted by Crippen LogP contribution is 2.53. The number of ether oxygens (including phenoxy) is 1. The predicted molar refractivity (Wildman–Crippen MR) is 58.2 cm³/mol. The highest BCUT2D eigenvalue weighted by atomic mass is 35.5. The van der Waals surface area contributed by atoms with Gasteiger partial charge in [-0.25, -0.2) is 0 Å². The van der Waals surface area contributed by atoms with Crippen molar-refractivity contribution in [2.24, 2.45) is 0 Å². The Balaban J connectivity index is 2.53. The summed E-state index contributed by atoms with van der Waals surface area (Å²) < 4.78 is 5.01. The Morgan fingerprint density at radius 2 is 2.12 bits per heavy atom. The van der Waals surface area contributed by atoms with Crippen LogP contribution < -0.4 is 4.74 Å². The van der Waals surface area contributed by atoms with E-state index >= 15 is 0 Å². The van der Waals surface area contributed by atoms with Crippen molar-refractivity contribution in [3.05, 3.63) is 22.7 Å². The number of carbonyl (C=O) groups is 1. The molecular formula is C11H11ClO4. The molecule has 1 aliphatic rings. The summed E-state index contributed by atoms with van der Waals surface area (Å²) in [7, 11) is 1.45. The van der Waals surface area contributed by atoms with Crippen LogP contribution in [0.3, 0.4) is 0 Å². The van der Waals surface area contributed by atoms with E-state index < -0.39 is 11.4 Å². The van der Waals surface area contributed by atoms with E-state index in [0.29, 0.717) is 24.2 Å². The Bertz CT molecular complexity index is 452. The summed E-state index contributed by atoms with van der Waals surface area (Å²) in [6.07, 6.45) is 1.06. The van der Waals surface area contributed by atoms with E-state index in [4.69, 9.17) is 21.4 Å². The minimum Gasteiger partial charge on any atom is -0.508 e. The molecule has 0 bridgehead atoms. The molecule has 1 aliphatic carbocycles. The molecule has 1 fully saturated rings. The lowest BCUT2D eigenvalue weighted by Crippen LogP contribution is -2.19. The SMILES string of the molecule is COc1cc(C2(C(=O)O)CC2)c(O)cc1Cl. The first-order valence-electron chi connectivity index (χ1n) is 4.81. The fraction of sp³-hybridized carbons (Fsp3) is 0.364. The summed E-state index contributed by atoms with van der Waals surface area (Å²) in [5, 5.41) is 19.1. The third kappa shape index (κ3) is 1.50. The van der Waals surface area contributed by atoms with Crippen LogP contribution in [0.25, 0.3) is 0 Å². The van der Waals surface area contributed by atoms with Crippen LogP contribution in [-0.2, 0) is 10.2 Å². The number of phenols is 1. The quantitative estimate of drug-likeness (QED) is 0.853. The second-order valence-corrected chi connectivity index (χ2v) is 4.30. The number of aliphatic carboxylic acids is 1. The molecule has 5 heteroatoms. The molecule has 16 heavy (non-hydrogen) atoms. The average Bonchev–Trinajstić information content (AvgIpc) is 2.99. The zero-order valence-electron chi connectivity index (χ0n) is 8.66. The fourth-order valence-electron chi connectivity index (χ4n) is 1.81. The van der Waals surface area contributed by atoms with Crippen molar-refractivity contribution in [2.75, 3.05) is 7.11 Å². The van der Waals surface area contributed by atoms with E-state index in [2.05, 4.69) is 0 Å². The molecule has 0 atom stereocenters. The molecule has 0 heterocycles. The maximum Gasteiger partial charge on any atom is 0.314 e. The topological polar surface area (TPSA) is 66.8 Å². The van der Waals surface area contributed by atoms with E-state index in [9.17, 15) is 9.90 Å². The van der Waals surface area contributed by atoms with Crippen LogP contribution in [0.4, 0.5) is 0 Å². The first kappa shape index (κ1) is 11.1. The van der Waals surface area contributed by atoms with Crippen LogP contribution in [0.15, 0.2) is 12.1 Å². The summed E-state index contributed by atoms with van der Waals surface area (Å²) in [5.41, 5.74) is -0.580. The van der Waals surface area contributed by atoms with E-state index in [0.717, 1.165) is 0 Å². The summed E-state index contributed by atoms with van der Waals surface area (Å²) in [5.74, 6) is -0.639. The van der Waals surface area contributed by atoms with Crippen LogP contribution in [0.2, 0.25) is 5.02 Å². The fourth-order valence-corrected chi connectivity index (χ4v) is 2.04. The minimum absolute atomic E-state index is 0.0919. The predicted octanol–water partition coefficient (Wildman–Crippen LogP) is 2.17. The number of benzene rings is 1. The summed E-state index contributed by atoms with van der Waals surface area (Å²) in [4.78, 5) is 11.1. The van der Waals surface area contributed by atoms with Crippen molar-refractivity contribution in [3.63, 3.8) is 0 Å². The van der Waals surface area contributed by atoms with Crippen molar-refractivity contribution in [1.82, 2.24) is 0 Å². The third-order valence-electron chi connectivity index (χ3n) is 2.95. The first-order chi connectivity index (χ1) is 7.51. The van der Waals surface area contributed by atoms with Crippen LogP contribution in [0.5, 0.6) is 11.5 Å². The van der Waals surface area contributed by atoms with E-state index in [1.165, 1.54) is 19.2 Å². The lowest BCUT2D eigenvalue weighted by Gasteiger charge is -2.14. The van der Waals surface area contributed by atoms with Crippen molar-refractivity contribution < 1.29 is 19.7 Å². The number of phenolic OH excluding ortho intramolecular Hbond substituents is 1. The molecule has 86 valence electrons. The Labute approximate surface area is 97.4 Å². The molecule has 2 rings (SSSR count). The number of methoxy groups -OCH3 is 1. The highest BCUT2D eigenvalue weighted by molar-refractivity contribution is 6.32. The molecule has 0 unspecified atom stereocenters. The van der Waals surface area contributed by atoms with E-state index in [1.54, 1.807) is 0 Å². The molecule has 0 saturated heterocycles. The normalized spacial score (nSPS) is 16.9. The maximum atomic E-state index is 11.1. The van der Waals surface area contributed by atoms with Gasteiger partial charge in [0, 0.05) is 11.6 Å². The number of hydrogen-bond acceptors (Lipinski definition) is 3. The van der Waals surface area contributed by atoms with Gasteiger partial charge in [-0.1, -0.05) is 11.6 Å². The standard InChI is InChI=1S/C11H11ClO4/c1-16-9-4-6(8(13)5-7(9)12)11(2-3-11)10(14)15/h4-5,13H,2-3H2,1H3,(H,14,15). The second kappa shape index (κ2) is 3.56. The lowest BCUT2D eigenvalue weighted by atomic mass is 9.95. The van der Waals surface area contributed by atoms with Crippen LogP contribution in [-0.4, -0.2) is 23.3 Å². The van der Waals surface area contributed by atoms with Gasteiger partial charge in [0.2, 0.25) is 0 Å². The van der Waals surface area contributed by atoms with Gasteiger partial charge in [-0.2, -0.15) is 0 Å². The van der Waals surface area contributed by atoms with Gasteiger partial charge in [-0.15, -0.1) is 0 Å². The van der Waals surface area contributed by atoms with Gasteiger partial charge < -0.3 is 14.9 Å². The number of aromatic hydroxyl groups is 1. The van der Waals surface area contributed by atoms with Gasteiger partial charge in [-0.3, -0.25) is 4.79 Å². The van der Waals surface area contributed by atoms with Crippen molar-refractivity contribution in [2.45, 2.75) is 18.3 Å². The van der Waals surface area contributed by atoms with Gasteiger partial charge >= 0.3 is 5.97 Å². The number of carboxylic acid groups (broad SMARTS) is 1. The number of halogens is 1. The van der Waals surface area contributed by atoms with E-state index in [-0.39, 0.29) is 10.8 Å². The molecule has 0 spiro atoms. The van der Waals surface area contributed by atoms with Crippen LogP contribution >= 0.6 is 11.6 Å². The number of rotatable bonds is 3. The minimum atomic E-state index is -0.956. The Hall–Kier alpha value is -1.42. The second-order valence-electron chi connectivity index (χ2n) is 3.89. The molecule has 4 nitrogen and oxygen atoms in total. The molecule has 1 saturated carbocycles. The Morgan fingerprint density at radius 3 is 2.56 bits per heavy atom. The zero-order chi connectivity index (χ0) is 11.9. The van der Waals surface area contributed by atoms with E-state index in [1.807, 2.05) is 0 Å². The average molecular weight is 243 g/mol. The first-order valence-corrected chi connectivity index (χ1v) is 5.19.